The van der Waals surface area contributed by atoms with Gasteiger partial charge in [-0.1, -0.05) is 57.4 Å². The molecule has 0 amide bonds. The Labute approximate surface area is 120 Å². The molecule has 92 valence electrons. The average molecular weight is 324 g/mol. The molecule has 0 aromatic heterocycles. The summed E-state index contributed by atoms with van der Waals surface area (Å²) in [5.74, 6) is 0.0399. The minimum Gasteiger partial charge on any atom is -0.294 e. The third-order valence-electron chi connectivity index (χ3n) is 2.68. The van der Waals surface area contributed by atoms with Gasteiger partial charge in [-0.3, -0.25) is 4.79 Å². The molecule has 0 fully saturated rings. The first kappa shape index (κ1) is 13.3. The van der Waals surface area contributed by atoms with Crippen molar-refractivity contribution in [1.29, 1.82) is 0 Å². The van der Waals surface area contributed by atoms with Gasteiger partial charge in [0.25, 0.3) is 0 Å². The van der Waals surface area contributed by atoms with Crippen LogP contribution in [0, 0.1) is 6.92 Å². The summed E-state index contributed by atoms with van der Waals surface area (Å²) in [7, 11) is 0. The van der Waals surface area contributed by atoms with Gasteiger partial charge >= 0.3 is 0 Å². The van der Waals surface area contributed by atoms with Gasteiger partial charge in [-0.25, -0.2) is 0 Å². The second-order valence-electron chi connectivity index (χ2n) is 4.21. The number of rotatable bonds is 3. The number of benzene rings is 2. The second-order valence-corrected chi connectivity index (χ2v) is 5.54. The molecule has 0 atom stereocenters. The fourth-order valence-corrected chi connectivity index (χ4v) is 2.60. The third-order valence-corrected chi connectivity index (χ3v) is 3.48. The number of carbonyl (C=O) groups excluding carboxylic acids is 1. The summed E-state index contributed by atoms with van der Waals surface area (Å²) >= 11 is 9.40. The maximum absolute atomic E-state index is 12.2. The number of carbonyl (C=O) groups is 1. The van der Waals surface area contributed by atoms with Gasteiger partial charge in [-0.05, 0) is 30.7 Å². The van der Waals surface area contributed by atoms with Crippen LogP contribution in [0.2, 0.25) is 5.02 Å². The minimum absolute atomic E-state index is 0.0399. The van der Waals surface area contributed by atoms with E-state index in [1.165, 1.54) is 0 Å². The fraction of sp³-hybridized carbons (Fsp3) is 0.133. The van der Waals surface area contributed by atoms with E-state index >= 15 is 0 Å². The van der Waals surface area contributed by atoms with Crippen molar-refractivity contribution in [2.24, 2.45) is 0 Å². The van der Waals surface area contributed by atoms with E-state index in [4.69, 9.17) is 11.6 Å². The Balaban J connectivity index is 2.22. The predicted octanol–water partition coefficient (Wildman–Crippen LogP) is 4.84. The van der Waals surface area contributed by atoms with Crippen LogP contribution in [-0.4, -0.2) is 5.78 Å². The summed E-state index contributed by atoms with van der Waals surface area (Å²) in [5, 5.41) is 0.488. The highest BCUT2D eigenvalue weighted by Crippen LogP contribution is 2.22. The lowest BCUT2D eigenvalue weighted by molar-refractivity contribution is 0.0993. The van der Waals surface area contributed by atoms with Crippen molar-refractivity contribution < 1.29 is 4.79 Å². The van der Waals surface area contributed by atoms with E-state index in [1.54, 1.807) is 12.1 Å². The van der Waals surface area contributed by atoms with Crippen molar-refractivity contribution in [2.75, 3.05) is 0 Å². The van der Waals surface area contributed by atoms with Gasteiger partial charge in [0.2, 0.25) is 0 Å². The molecule has 0 saturated carbocycles. The lowest BCUT2D eigenvalue weighted by atomic mass is 10.0. The lowest BCUT2D eigenvalue weighted by Gasteiger charge is -2.05. The van der Waals surface area contributed by atoms with E-state index in [2.05, 4.69) is 15.9 Å². The molecule has 0 aliphatic heterocycles. The standard InChI is InChI=1S/C15H12BrClO/c1-10-3-2-4-11(7-10)8-15(18)13-6-5-12(16)9-14(13)17/h2-7,9H,8H2,1H3. The summed E-state index contributed by atoms with van der Waals surface area (Å²) in [6, 6.07) is 13.3. The summed E-state index contributed by atoms with van der Waals surface area (Å²) in [4.78, 5) is 12.2. The Morgan fingerprint density at radius 1 is 1.22 bits per heavy atom. The normalized spacial score (nSPS) is 10.4. The molecule has 0 N–H and O–H groups in total. The Hall–Kier alpha value is -1.12. The Kier molecular flexibility index (Phi) is 4.20. The zero-order chi connectivity index (χ0) is 13.1. The van der Waals surface area contributed by atoms with Gasteiger partial charge in [0, 0.05) is 16.5 Å². The van der Waals surface area contributed by atoms with Crippen molar-refractivity contribution in [2.45, 2.75) is 13.3 Å². The van der Waals surface area contributed by atoms with Gasteiger partial charge in [-0.2, -0.15) is 0 Å². The van der Waals surface area contributed by atoms with Crippen LogP contribution < -0.4 is 0 Å². The molecule has 0 heterocycles. The Bertz CT molecular complexity index is 593. The zero-order valence-electron chi connectivity index (χ0n) is 9.91. The van der Waals surface area contributed by atoms with E-state index in [9.17, 15) is 4.79 Å². The van der Waals surface area contributed by atoms with E-state index in [0.29, 0.717) is 17.0 Å². The van der Waals surface area contributed by atoms with Crippen LogP contribution in [0.15, 0.2) is 46.9 Å². The van der Waals surface area contributed by atoms with Gasteiger partial charge in [0.1, 0.15) is 0 Å². The molecule has 3 heteroatoms. The van der Waals surface area contributed by atoms with E-state index < -0.39 is 0 Å². The third kappa shape index (κ3) is 3.21. The Morgan fingerprint density at radius 2 is 2.00 bits per heavy atom. The molecule has 0 spiro atoms. The molecule has 2 aromatic rings. The fourth-order valence-electron chi connectivity index (χ4n) is 1.82. The van der Waals surface area contributed by atoms with Gasteiger partial charge in [0.15, 0.2) is 5.78 Å². The van der Waals surface area contributed by atoms with Crippen LogP contribution in [0.3, 0.4) is 0 Å². The molecule has 0 aliphatic carbocycles. The highest BCUT2D eigenvalue weighted by atomic mass is 79.9. The summed E-state index contributed by atoms with van der Waals surface area (Å²) in [6.07, 6.45) is 0.378. The largest absolute Gasteiger partial charge is 0.294 e. The van der Waals surface area contributed by atoms with Crippen molar-refractivity contribution >= 4 is 33.3 Å². The summed E-state index contributed by atoms with van der Waals surface area (Å²) < 4.78 is 0.875. The van der Waals surface area contributed by atoms with Crippen LogP contribution in [-0.2, 0) is 6.42 Å². The molecule has 2 aromatic carbocycles. The van der Waals surface area contributed by atoms with Gasteiger partial charge < -0.3 is 0 Å². The number of aryl methyl sites for hydroxylation is 1. The molecule has 2 rings (SSSR count). The maximum atomic E-state index is 12.2. The van der Waals surface area contributed by atoms with Gasteiger partial charge in [-0.15, -0.1) is 0 Å². The predicted molar refractivity (Wildman–Crippen MR) is 78.4 cm³/mol. The number of ketones is 1. The molecular weight excluding hydrogens is 312 g/mol. The molecule has 0 radical (unpaired) electrons. The number of hydrogen-bond donors (Lipinski definition) is 0. The SMILES string of the molecule is Cc1cccc(CC(=O)c2ccc(Br)cc2Cl)c1. The van der Waals surface area contributed by atoms with Crippen molar-refractivity contribution in [3.63, 3.8) is 0 Å². The van der Waals surface area contributed by atoms with Crippen molar-refractivity contribution in [3.05, 3.63) is 68.7 Å². The molecule has 1 nitrogen and oxygen atoms in total. The number of halogens is 2. The first-order valence-electron chi connectivity index (χ1n) is 5.60. The number of Topliss-reactive ketones (excluding diaryl/α,β-unsaturated/α-hetero) is 1. The summed E-state index contributed by atoms with van der Waals surface area (Å²) in [6.45, 7) is 2.01. The molecule has 0 saturated heterocycles. The van der Waals surface area contributed by atoms with Crippen LogP contribution in [0.25, 0.3) is 0 Å². The van der Waals surface area contributed by atoms with Crippen molar-refractivity contribution in [1.82, 2.24) is 0 Å². The zero-order valence-corrected chi connectivity index (χ0v) is 12.3. The van der Waals surface area contributed by atoms with Crippen LogP contribution >= 0.6 is 27.5 Å². The van der Waals surface area contributed by atoms with E-state index in [0.717, 1.165) is 15.6 Å². The highest BCUT2D eigenvalue weighted by Gasteiger charge is 2.11. The first-order valence-corrected chi connectivity index (χ1v) is 6.77. The highest BCUT2D eigenvalue weighted by molar-refractivity contribution is 9.10. The average Bonchev–Trinajstić information content (AvgIpc) is 2.28. The molecule has 0 aliphatic rings. The first-order chi connectivity index (χ1) is 8.56. The quantitative estimate of drug-likeness (QED) is 0.739. The second kappa shape index (κ2) is 5.68. The van der Waals surface area contributed by atoms with E-state index in [-0.39, 0.29) is 5.78 Å². The molecule has 0 bridgehead atoms. The minimum atomic E-state index is 0.0399. The number of hydrogen-bond acceptors (Lipinski definition) is 1. The van der Waals surface area contributed by atoms with Crippen LogP contribution in [0.5, 0.6) is 0 Å². The Morgan fingerprint density at radius 3 is 2.67 bits per heavy atom. The molecule has 0 unspecified atom stereocenters. The molecule has 18 heavy (non-hydrogen) atoms. The lowest BCUT2D eigenvalue weighted by Crippen LogP contribution is -2.04. The topological polar surface area (TPSA) is 17.1 Å². The van der Waals surface area contributed by atoms with Crippen LogP contribution in [0.1, 0.15) is 21.5 Å². The van der Waals surface area contributed by atoms with E-state index in [1.807, 2.05) is 37.3 Å². The smallest absolute Gasteiger partial charge is 0.168 e. The summed E-state index contributed by atoms with van der Waals surface area (Å²) in [5.41, 5.74) is 2.74. The maximum Gasteiger partial charge on any atom is 0.168 e. The monoisotopic (exact) mass is 322 g/mol. The van der Waals surface area contributed by atoms with Gasteiger partial charge in [0.05, 0.1) is 5.02 Å². The van der Waals surface area contributed by atoms with Crippen LogP contribution in [0.4, 0.5) is 0 Å². The van der Waals surface area contributed by atoms with Crippen molar-refractivity contribution in [3.8, 4) is 0 Å². The molecular formula is C15H12BrClO.